The van der Waals surface area contributed by atoms with Gasteiger partial charge in [0.25, 0.3) is 5.91 Å². The van der Waals surface area contributed by atoms with Gasteiger partial charge >= 0.3 is 6.03 Å². The number of fused-ring (bicyclic) bond motifs is 1. The van der Waals surface area contributed by atoms with E-state index in [2.05, 4.69) is 15.6 Å². The van der Waals surface area contributed by atoms with Crippen LogP contribution in [0.25, 0.3) is 10.8 Å². The maximum absolute atomic E-state index is 13.3. The van der Waals surface area contributed by atoms with Gasteiger partial charge in [-0.2, -0.15) is 0 Å². The molecule has 2 saturated heterocycles. The Balaban J connectivity index is 1.32. The van der Waals surface area contributed by atoms with E-state index in [1.54, 1.807) is 18.5 Å². The highest BCUT2D eigenvalue weighted by Gasteiger charge is 2.50. The van der Waals surface area contributed by atoms with Crippen molar-refractivity contribution in [1.29, 1.82) is 0 Å². The summed E-state index contributed by atoms with van der Waals surface area (Å²) in [6.07, 6.45) is 2.76. The van der Waals surface area contributed by atoms with E-state index in [9.17, 15) is 19.2 Å². The molecule has 5 rings (SSSR count). The van der Waals surface area contributed by atoms with Crippen molar-refractivity contribution in [3.05, 3.63) is 59.6 Å². The van der Waals surface area contributed by atoms with Crippen molar-refractivity contribution in [3.63, 3.8) is 0 Å². The topological polar surface area (TPSA) is 112 Å². The van der Waals surface area contributed by atoms with Crippen LogP contribution in [0.3, 0.4) is 0 Å². The number of thiazole rings is 1. The average Bonchev–Trinajstić information content (AvgIpc) is 3.57. The second kappa shape index (κ2) is 8.53. The normalized spacial score (nSPS) is 22.3. The van der Waals surface area contributed by atoms with E-state index in [1.165, 1.54) is 16.2 Å². The fourth-order valence-corrected chi connectivity index (χ4v) is 5.11. The Hall–Kier alpha value is -3.79. The van der Waals surface area contributed by atoms with Crippen molar-refractivity contribution >= 4 is 51.0 Å². The highest BCUT2D eigenvalue weighted by molar-refractivity contribution is 7.13. The molecular weight excluding hydrogens is 454 g/mol. The first-order valence-corrected chi connectivity index (χ1v) is 11.9. The van der Waals surface area contributed by atoms with Crippen molar-refractivity contribution in [1.82, 2.24) is 20.1 Å². The molecule has 0 spiro atoms. The predicted octanol–water partition coefficient (Wildman–Crippen LogP) is 2.69. The fourth-order valence-electron chi connectivity index (χ4n) is 4.57. The van der Waals surface area contributed by atoms with Gasteiger partial charge < -0.3 is 15.5 Å². The van der Waals surface area contributed by atoms with Crippen molar-refractivity contribution < 1.29 is 19.2 Å². The van der Waals surface area contributed by atoms with Gasteiger partial charge in [0.2, 0.25) is 11.8 Å². The van der Waals surface area contributed by atoms with Crippen LogP contribution in [-0.2, 0) is 19.9 Å². The first-order valence-electron chi connectivity index (χ1n) is 11.0. The summed E-state index contributed by atoms with van der Waals surface area (Å²) < 4.78 is 0. The number of likely N-dealkylation sites (tertiary alicyclic amines) is 1. The molecule has 2 unspecified atom stereocenters. The van der Waals surface area contributed by atoms with Gasteiger partial charge in [-0.1, -0.05) is 36.4 Å². The molecule has 0 bridgehead atoms. The summed E-state index contributed by atoms with van der Waals surface area (Å²) in [6.45, 7) is 1.61. The van der Waals surface area contributed by atoms with Gasteiger partial charge in [0.05, 0.1) is 0 Å². The lowest BCUT2D eigenvalue weighted by Crippen LogP contribution is -2.48. The van der Waals surface area contributed by atoms with Crippen molar-refractivity contribution in [3.8, 4) is 0 Å². The summed E-state index contributed by atoms with van der Waals surface area (Å²) in [5.74, 6) is -1.26. The minimum absolute atomic E-state index is 0.320. The minimum Gasteiger partial charge on any atom is -0.329 e. The van der Waals surface area contributed by atoms with Crippen LogP contribution in [0.5, 0.6) is 0 Å². The summed E-state index contributed by atoms with van der Waals surface area (Å²) in [7, 11) is 0. The van der Waals surface area contributed by atoms with Crippen LogP contribution in [0.15, 0.2) is 54.0 Å². The summed E-state index contributed by atoms with van der Waals surface area (Å²) >= 11 is 1.29. The molecule has 10 heteroatoms. The summed E-state index contributed by atoms with van der Waals surface area (Å²) in [5, 5.41) is 9.66. The van der Waals surface area contributed by atoms with Crippen molar-refractivity contribution in [2.24, 2.45) is 0 Å². The van der Waals surface area contributed by atoms with E-state index in [1.807, 2.05) is 42.5 Å². The van der Waals surface area contributed by atoms with Crippen molar-refractivity contribution in [2.75, 3.05) is 18.4 Å². The summed E-state index contributed by atoms with van der Waals surface area (Å²) in [6, 6.07) is 12.0. The van der Waals surface area contributed by atoms with E-state index in [0.717, 1.165) is 15.7 Å². The number of aromatic nitrogens is 1. The molecule has 9 nitrogen and oxygen atoms in total. The van der Waals surface area contributed by atoms with E-state index in [0.29, 0.717) is 30.1 Å². The molecule has 2 fully saturated rings. The zero-order valence-corrected chi connectivity index (χ0v) is 19.3. The quantitative estimate of drug-likeness (QED) is 0.549. The number of hydrogen-bond acceptors (Lipinski definition) is 6. The highest BCUT2D eigenvalue weighted by Crippen LogP contribution is 2.31. The SMILES string of the molecule is CC1(c2ccc3ccccc3c2)NC(=O)N(CC(=O)N2CCCC2C(=O)Nc2nccs2)C1=O. The number of carbonyl (C=O) groups excluding carboxylic acids is 4. The van der Waals surface area contributed by atoms with Gasteiger partial charge in [-0.15, -0.1) is 11.3 Å². The largest absolute Gasteiger partial charge is 0.329 e. The smallest absolute Gasteiger partial charge is 0.325 e. The lowest BCUT2D eigenvalue weighted by molar-refractivity contribution is -0.141. The molecule has 3 heterocycles. The Kier molecular flexibility index (Phi) is 5.52. The van der Waals surface area contributed by atoms with Crippen LogP contribution >= 0.6 is 11.3 Å². The standard InChI is InChI=1S/C24H23N5O4S/c1-24(17-9-8-15-5-2-3-6-16(15)13-17)21(32)29(23(33)27-24)14-19(30)28-11-4-7-18(28)20(31)26-22-25-10-12-34-22/h2-3,5-6,8-10,12-13,18H,4,7,11,14H2,1H3,(H,27,33)(H,25,26,31). The average molecular weight is 478 g/mol. The number of hydrogen-bond donors (Lipinski definition) is 2. The Morgan fingerprint density at radius 1 is 1.21 bits per heavy atom. The number of anilines is 1. The monoisotopic (exact) mass is 477 g/mol. The number of benzene rings is 2. The molecule has 2 atom stereocenters. The zero-order chi connectivity index (χ0) is 23.9. The van der Waals surface area contributed by atoms with E-state index >= 15 is 0 Å². The Morgan fingerprint density at radius 2 is 2.00 bits per heavy atom. The van der Waals surface area contributed by atoms with Gasteiger partial charge in [0.1, 0.15) is 18.1 Å². The molecule has 5 amide bonds. The van der Waals surface area contributed by atoms with Gasteiger partial charge in [0.15, 0.2) is 5.13 Å². The highest BCUT2D eigenvalue weighted by atomic mass is 32.1. The molecule has 1 aromatic heterocycles. The van der Waals surface area contributed by atoms with E-state index < -0.39 is 36.0 Å². The van der Waals surface area contributed by atoms with Crippen LogP contribution in [0, 0.1) is 0 Å². The third kappa shape index (κ3) is 3.79. The first kappa shape index (κ1) is 22.0. The molecule has 2 aliphatic heterocycles. The Bertz CT molecular complexity index is 1290. The molecule has 174 valence electrons. The number of amides is 5. The third-order valence-electron chi connectivity index (χ3n) is 6.43. The Morgan fingerprint density at radius 3 is 2.76 bits per heavy atom. The second-order valence-corrected chi connectivity index (χ2v) is 9.47. The third-order valence-corrected chi connectivity index (χ3v) is 7.12. The molecular formula is C24H23N5O4S. The van der Waals surface area contributed by atoms with Crippen LogP contribution in [0.1, 0.15) is 25.3 Å². The number of carbonyl (C=O) groups is 4. The number of nitrogens with one attached hydrogen (secondary N) is 2. The lowest BCUT2D eigenvalue weighted by atomic mass is 9.90. The number of rotatable bonds is 5. The van der Waals surface area contributed by atoms with Crippen molar-refractivity contribution in [2.45, 2.75) is 31.3 Å². The molecule has 0 aliphatic carbocycles. The van der Waals surface area contributed by atoms with E-state index in [-0.39, 0.29) is 5.91 Å². The van der Waals surface area contributed by atoms with Gasteiger partial charge in [0, 0.05) is 18.1 Å². The molecule has 2 aromatic carbocycles. The molecule has 3 aromatic rings. The lowest BCUT2D eigenvalue weighted by Gasteiger charge is -2.26. The zero-order valence-electron chi connectivity index (χ0n) is 18.5. The number of nitrogens with zero attached hydrogens (tertiary/aromatic N) is 3. The van der Waals surface area contributed by atoms with Gasteiger partial charge in [-0.25, -0.2) is 9.78 Å². The Labute approximate surface area is 199 Å². The van der Waals surface area contributed by atoms with Crippen LogP contribution in [-0.4, -0.2) is 57.7 Å². The van der Waals surface area contributed by atoms with Crippen LogP contribution in [0.4, 0.5) is 9.93 Å². The maximum Gasteiger partial charge on any atom is 0.325 e. The number of urea groups is 1. The molecule has 2 N–H and O–H groups in total. The first-order chi connectivity index (χ1) is 16.4. The van der Waals surface area contributed by atoms with Crippen LogP contribution < -0.4 is 10.6 Å². The molecule has 0 radical (unpaired) electrons. The summed E-state index contributed by atoms with van der Waals surface area (Å²) in [4.78, 5) is 58.3. The summed E-state index contributed by atoms with van der Waals surface area (Å²) in [5.41, 5.74) is -0.644. The van der Waals surface area contributed by atoms with Gasteiger partial charge in [-0.3, -0.25) is 19.3 Å². The minimum atomic E-state index is -1.28. The van der Waals surface area contributed by atoms with Crippen LogP contribution in [0.2, 0.25) is 0 Å². The maximum atomic E-state index is 13.3. The molecule has 0 saturated carbocycles. The number of imide groups is 1. The van der Waals surface area contributed by atoms with E-state index in [4.69, 9.17) is 0 Å². The molecule has 2 aliphatic rings. The van der Waals surface area contributed by atoms with Gasteiger partial charge in [-0.05, 0) is 42.2 Å². The second-order valence-electron chi connectivity index (χ2n) is 8.58. The fraction of sp³-hybridized carbons (Fsp3) is 0.292. The molecule has 34 heavy (non-hydrogen) atoms. The predicted molar refractivity (Wildman–Crippen MR) is 127 cm³/mol.